The smallest absolute Gasteiger partial charge is 0.254 e. The first kappa shape index (κ1) is 15.7. The Morgan fingerprint density at radius 1 is 1.33 bits per heavy atom. The van der Waals surface area contributed by atoms with E-state index in [1.165, 1.54) is 19.3 Å². The lowest BCUT2D eigenvalue weighted by molar-refractivity contribution is -0.000213. The highest BCUT2D eigenvalue weighted by atomic mass is 16.5. The lowest BCUT2D eigenvalue weighted by Gasteiger charge is -2.29. The van der Waals surface area contributed by atoms with Crippen molar-refractivity contribution < 1.29 is 9.53 Å². The number of nitrogen functional groups attached to an aromatic ring is 1. The molecule has 116 valence electrons. The molecule has 6 nitrogen and oxygen atoms in total. The number of carbonyl (C=O) groups is 1. The molecule has 1 aromatic rings. The van der Waals surface area contributed by atoms with E-state index in [9.17, 15) is 4.79 Å². The van der Waals surface area contributed by atoms with Gasteiger partial charge >= 0.3 is 0 Å². The maximum Gasteiger partial charge on any atom is 0.254 e. The number of rotatable bonds is 5. The van der Waals surface area contributed by atoms with Gasteiger partial charge in [0.05, 0.1) is 5.69 Å². The van der Waals surface area contributed by atoms with Crippen molar-refractivity contribution >= 4 is 11.7 Å². The number of anilines is 1. The molecule has 4 N–H and O–H groups in total. The second kappa shape index (κ2) is 6.85. The van der Waals surface area contributed by atoms with Crippen LogP contribution in [0.5, 0.6) is 0 Å². The summed E-state index contributed by atoms with van der Waals surface area (Å²) in [6, 6.07) is 0. The van der Waals surface area contributed by atoms with Crippen LogP contribution in [0.4, 0.5) is 5.82 Å². The number of hydrogen-bond acceptors (Lipinski definition) is 5. The zero-order chi connectivity index (χ0) is 15.4. The normalized spacial score (nSPS) is 17.6. The summed E-state index contributed by atoms with van der Waals surface area (Å²) < 4.78 is 5.88. The quantitative estimate of drug-likeness (QED) is 0.865. The SMILES string of the molecule is CCOC(c1nc(C)c(C(N)=O)c(N)n1)C1CCCCC1. The topological polar surface area (TPSA) is 104 Å². The molecule has 1 amide bonds. The highest BCUT2D eigenvalue weighted by molar-refractivity contribution is 5.98. The van der Waals surface area contributed by atoms with Gasteiger partial charge in [0.2, 0.25) is 0 Å². The first-order chi connectivity index (χ1) is 10.0. The summed E-state index contributed by atoms with van der Waals surface area (Å²) in [7, 11) is 0. The van der Waals surface area contributed by atoms with Gasteiger partial charge in [0, 0.05) is 6.61 Å². The molecule has 1 fully saturated rings. The van der Waals surface area contributed by atoms with Crippen LogP contribution >= 0.6 is 0 Å². The minimum absolute atomic E-state index is 0.144. The molecule has 1 saturated carbocycles. The fourth-order valence-electron chi connectivity index (χ4n) is 3.09. The van der Waals surface area contributed by atoms with Gasteiger partial charge in [-0.15, -0.1) is 0 Å². The zero-order valence-electron chi connectivity index (χ0n) is 12.8. The Hall–Kier alpha value is -1.69. The monoisotopic (exact) mass is 292 g/mol. The Balaban J connectivity index is 2.33. The largest absolute Gasteiger partial charge is 0.383 e. The molecule has 0 spiro atoms. The van der Waals surface area contributed by atoms with Crippen LogP contribution in [-0.2, 0) is 4.74 Å². The van der Waals surface area contributed by atoms with Crippen molar-refractivity contribution in [1.82, 2.24) is 9.97 Å². The third-order valence-electron chi connectivity index (χ3n) is 4.06. The Morgan fingerprint density at radius 2 is 2.00 bits per heavy atom. The van der Waals surface area contributed by atoms with E-state index >= 15 is 0 Å². The number of aryl methyl sites for hydroxylation is 1. The van der Waals surface area contributed by atoms with E-state index in [1.807, 2.05) is 6.92 Å². The predicted molar refractivity (Wildman–Crippen MR) is 80.6 cm³/mol. The van der Waals surface area contributed by atoms with Crippen LogP contribution in [0, 0.1) is 12.8 Å². The molecule has 21 heavy (non-hydrogen) atoms. The molecule has 1 aliphatic rings. The number of hydrogen-bond donors (Lipinski definition) is 2. The number of aromatic nitrogens is 2. The standard InChI is InChI=1S/C15H24N4O2/c1-3-21-12(10-7-5-4-6-8-10)15-18-9(2)11(14(17)20)13(16)19-15/h10,12H,3-8H2,1-2H3,(H2,17,20)(H2,16,18,19). The number of amides is 1. The first-order valence-electron chi connectivity index (χ1n) is 7.60. The molecule has 1 heterocycles. The molecule has 0 aromatic carbocycles. The predicted octanol–water partition coefficient (Wildman–Crippen LogP) is 2.12. The summed E-state index contributed by atoms with van der Waals surface area (Å²) >= 11 is 0. The van der Waals surface area contributed by atoms with Crippen LogP contribution < -0.4 is 11.5 Å². The van der Waals surface area contributed by atoms with Crippen molar-refractivity contribution in [2.75, 3.05) is 12.3 Å². The van der Waals surface area contributed by atoms with Crippen molar-refractivity contribution in [3.63, 3.8) is 0 Å². The third kappa shape index (κ3) is 3.50. The van der Waals surface area contributed by atoms with Crippen LogP contribution in [0.25, 0.3) is 0 Å². The van der Waals surface area contributed by atoms with Crippen molar-refractivity contribution in [2.45, 2.75) is 52.1 Å². The third-order valence-corrected chi connectivity index (χ3v) is 4.06. The molecule has 1 atom stereocenters. The van der Waals surface area contributed by atoms with E-state index in [1.54, 1.807) is 6.92 Å². The molecule has 1 aliphatic carbocycles. The Morgan fingerprint density at radius 3 is 2.52 bits per heavy atom. The van der Waals surface area contributed by atoms with Gasteiger partial charge in [-0.3, -0.25) is 4.79 Å². The fourth-order valence-corrected chi connectivity index (χ4v) is 3.09. The van der Waals surface area contributed by atoms with Crippen LogP contribution in [0.3, 0.4) is 0 Å². The van der Waals surface area contributed by atoms with E-state index in [0.29, 0.717) is 24.0 Å². The lowest BCUT2D eigenvalue weighted by atomic mass is 9.84. The van der Waals surface area contributed by atoms with Gasteiger partial charge in [-0.2, -0.15) is 0 Å². The highest BCUT2D eigenvalue weighted by Gasteiger charge is 2.29. The van der Waals surface area contributed by atoms with Gasteiger partial charge in [-0.25, -0.2) is 9.97 Å². The summed E-state index contributed by atoms with van der Waals surface area (Å²) in [6.45, 7) is 4.29. The van der Waals surface area contributed by atoms with Crippen molar-refractivity contribution in [3.8, 4) is 0 Å². The number of carbonyl (C=O) groups excluding carboxylic acids is 1. The summed E-state index contributed by atoms with van der Waals surface area (Å²) in [6.07, 6.45) is 5.77. The van der Waals surface area contributed by atoms with E-state index in [-0.39, 0.29) is 17.5 Å². The van der Waals surface area contributed by atoms with Gasteiger partial charge in [0.25, 0.3) is 5.91 Å². The molecule has 0 bridgehead atoms. The van der Waals surface area contributed by atoms with E-state index in [4.69, 9.17) is 16.2 Å². The number of nitrogens with two attached hydrogens (primary N) is 2. The molecule has 1 unspecified atom stereocenters. The number of primary amides is 1. The number of nitrogens with zero attached hydrogens (tertiary/aromatic N) is 2. The van der Waals surface area contributed by atoms with Crippen LogP contribution in [0.1, 0.15) is 67.0 Å². The average Bonchev–Trinajstić information content (AvgIpc) is 2.44. The van der Waals surface area contributed by atoms with Gasteiger partial charge in [0.1, 0.15) is 17.5 Å². The second-order valence-electron chi connectivity index (χ2n) is 5.57. The van der Waals surface area contributed by atoms with Crippen molar-refractivity contribution in [3.05, 3.63) is 17.1 Å². The Bertz CT molecular complexity index is 489. The summed E-state index contributed by atoms with van der Waals surface area (Å²) in [5.74, 6) is 0.536. The van der Waals surface area contributed by atoms with Crippen LogP contribution in [0.2, 0.25) is 0 Å². The highest BCUT2D eigenvalue weighted by Crippen LogP contribution is 2.36. The van der Waals surface area contributed by atoms with Crippen molar-refractivity contribution in [2.24, 2.45) is 11.7 Å². The van der Waals surface area contributed by atoms with Gasteiger partial charge < -0.3 is 16.2 Å². The minimum Gasteiger partial charge on any atom is -0.383 e. The molecule has 6 heteroatoms. The molecular weight excluding hydrogens is 268 g/mol. The first-order valence-corrected chi connectivity index (χ1v) is 7.60. The average molecular weight is 292 g/mol. The van der Waals surface area contributed by atoms with E-state index in [0.717, 1.165) is 12.8 Å². The summed E-state index contributed by atoms with van der Waals surface area (Å²) in [5.41, 5.74) is 11.9. The van der Waals surface area contributed by atoms with Gasteiger partial charge in [0.15, 0.2) is 5.82 Å². The second-order valence-corrected chi connectivity index (χ2v) is 5.57. The van der Waals surface area contributed by atoms with E-state index < -0.39 is 5.91 Å². The van der Waals surface area contributed by atoms with Crippen LogP contribution in [-0.4, -0.2) is 22.5 Å². The molecule has 2 rings (SSSR count). The fraction of sp³-hybridized carbons (Fsp3) is 0.667. The summed E-state index contributed by atoms with van der Waals surface area (Å²) in [4.78, 5) is 20.1. The number of ether oxygens (including phenoxy) is 1. The van der Waals surface area contributed by atoms with Crippen LogP contribution in [0.15, 0.2) is 0 Å². The lowest BCUT2D eigenvalue weighted by Crippen LogP contribution is -2.24. The molecule has 0 aliphatic heterocycles. The molecule has 0 radical (unpaired) electrons. The van der Waals surface area contributed by atoms with E-state index in [2.05, 4.69) is 9.97 Å². The minimum atomic E-state index is -0.595. The zero-order valence-corrected chi connectivity index (χ0v) is 12.8. The molecule has 1 aromatic heterocycles. The molecule has 0 saturated heterocycles. The Labute approximate surface area is 125 Å². The Kier molecular flexibility index (Phi) is 5.12. The van der Waals surface area contributed by atoms with Crippen molar-refractivity contribution in [1.29, 1.82) is 0 Å². The maximum absolute atomic E-state index is 11.4. The summed E-state index contributed by atoms with van der Waals surface area (Å²) in [5, 5.41) is 0. The maximum atomic E-state index is 11.4. The van der Waals surface area contributed by atoms with Gasteiger partial charge in [-0.1, -0.05) is 19.3 Å². The molecular formula is C15H24N4O2. The van der Waals surface area contributed by atoms with Gasteiger partial charge in [-0.05, 0) is 32.6 Å².